The number of nitrogens with zero attached hydrogens (tertiary/aromatic N) is 8. The normalized spacial score (nSPS) is 36.8. The molecule has 5 heterocycles. The average molecular weight is 687 g/mol. The molecule has 1 saturated carbocycles. The standard InChI is InChI=1S/C23H32N10O7P2S2/c1-11-18-15(39-23(11)33-10-31-16(19(24)26-2)21(33)27-3)7-38-41(34,43)37-6-13-12(5-36-42(35,44)40-18)4-14(13)32-9-30-17-20(25)28-8-29-22(17)32/h8-15,18,23H,3-7H2,1-2H3,(H2,24,26)(H,34,43)(H,35,44)(H2,25,28,29)/t11-,12-,13-,14-,15-,18+,23-,41?,42?/m1/s1. The van der Waals surface area contributed by atoms with Crippen LogP contribution in [-0.4, -0.2) is 80.7 Å². The van der Waals surface area contributed by atoms with E-state index < -0.39 is 37.9 Å². The van der Waals surface area contributed by atoms with Crippen LogP contribution in [-0.2, 0) is 32.0 Å². The number of aromatic nitrogens is 6. The molecule has 3 fully saturated rings. The minimum absolute atomic E-state index is 0.00198. The highest BCUT2D eigenvalue weighted by Crippen LogP contribution is 2.61. The van der Waals surface area contributed by atoms with Crippen molar-refractivity contribution in [1.29, 1.82) is 0 Å². The Morgan fingerprint density at radius 1 is 1.07 bits per heavy atom. The molecule has 0 amide bonds. The summed E-state index contributed by atoms with van der Waals surface area (Å²) in [5.74, 6) is -0.138. The summed E-state index contributed by atoms with van der Waals surface area (Å²) in [4.78, 5) is 25.0. The van der Waals surface area contributed by atoms with Crippen LogP contribution in [0.4, 0.5) is 11.6 Å². The number of nitrogen functional groups attached to an aromatic ring is 1. The van der Waals surface area contributed by atoms with Crippen molar-refractivity contribution in [3.05, 3.63) is 24.7 Å². The van der Waals surface area contributed by atoms with Gasteiger partial charge in [0.05, 0.1) is 32.5 Å². The molecule has 2 unspecified atom stereocenters. The molecule has 238 valence electrons. The topological polar surface area (TPSA) is 218 Å². The summed E-state index contributed by atoms with van der Waals surface area (Å²) in [5, 5.41) is 0. The van der Waals surface area contributed by atoms with E-state index in [1.165, 1.54) is 19.7 Å². The summed E-state index contributed by atoms with van der Waals surface area (Å²) < 4.78 is 59.9. The summed E-state index contributed by atoms with van der Waals surface area (Å²) in [6.07, 6.45) is 2.58. The van der Waals surface area contributed by atoms with E-state index in [0.717, 1.165) is 0 Å². The lowest BCUT2D eigenvalue weighted by molar-refractivity contribution is -0.0396. The molecule has 3 aromatic heterocycles. The van der Waals surface area contributed by atoms with Crippen molar-refractivity contribution >= 4 is 73.4 Å². The number of hydrogen-bond donors (Lipinski definition) is 4. The molecule has 9 atom stereocenters. The third-order valence-electron chi connectivity index (χ3n) is 8.25. The third-order valence-corrected chi connectivity index (χ3v) is 11.5. The maximum Gasteiger partial charge on any atom is 0.386 e. The number of imidazole rings is 2. The number of hydrogen-bond acceptors (Lipinski definition) is 14. The first-order chi connectivity index (χ1) is 20.9. The average Bonchev–Trinajstić information content (AvgIpc) is 3.67. The molecule has 17 nitrogen and oxygen atoms in total. The monoisotopic (exact) mass is 686 g/mol. The maximum absolute atomic E-state index is 13.6. The highest BCUT2D eigenvalue weighted by molar-refractivity contribution is 8.44. The largest absolute Gasteiger partial charge is 0.386 e. The Morgan fingerprint density at radius 3 is 2.55 bits per heavy atom. The molecule has 2 saturated heterocycles. The molecule has 6 rings (SSSR count). The predicted octanol–water partition coefficient (Wildman–Crippen LogP) is 3.21. The lowest BCUT2D eigenvalue weighted by atomic mass is 9.70. The van der Waals surface area contributed by atoms with Crippen LogP contribution in [0.25, 0.3) is 11.2 Å². The molecule has 0 aromatic carbocycles. The minimum Gasteiger partial charge on any atom is -0.382 e. The van der Waals surface area contributed by atoms with E-state index in [-0.39, 0.29) is 49.4 Å². The Labute approximate surface area is 262 Å². The lowest BCUT2D eigenvalue weighted by Gasteiger charge is -2.45. The SMILES string of the molecule is C=Nc1c(/C(N)=N\C)ncn1[C@@H]1O[C@@H]2COP(=O)(S)OC[C@@H]3[C@@H](COP(=O)(S)O[C@H]2[C@H]1C)C[C@H]3n1cnc2c(N)ncnc21. The number of anilines is 1. The number of nitrogens with two attached hydrogens (primary N) is 2. The summed E-state index contributed by atoms with van der Waals surface area (Å²) in [7, 11) is 1.53. The first-order valence-corrected chi connectivity index (χ1v) is 18.9. The van der Waals surface area contributed by atoms with Gasteiger partial charge < -0.3 is 29.8 Å². The number of thiol groups is 2. The molecule has 4 N–H and O–H groups in total. The fourth-order valence-electron chi connectivity index (χ4n) is 5.89. The second-order valence-corrected chi connectivity index (χ2v) is 16.5. The zero-order chi connectivity index (χ0) is 31.4. The van der Waals surface area contributed by atoms with Crippen LogP contribution in [0.15, 0.2) is 29.0 Å². The number of aliphatic imine (C=N–C) groups is 2. The van der Waals surface area contributed by atoms with Gasteiger partial charge in [0.15, 0.2) is 17.3 Å². The van der Waals surface area contributed by atoms with Crippen molar-refractivity contribution in [1.82, 2.24) is 29.1 Å². The van der Waals surface area contributed by atoms with E-state index in [1.54, 1.807) is 10.9 Å². The van der Waals surface area contributed by atoms with E-state index in [0.29, 0.717) is 29.1 Å². The molecule has 1 aliphatic carbocycles. The summed E-state index contributed by atoms with van der Waals surface area (Å²) in [5.41, 5.74) is 13.3. The molecule has 0 radical (unpaired) electrons. The molecule has 0 spiro atoms. The first-order valence-electron chi connectivity index (χ1n) is 13.5. The number of rotatable bonds is 4. The fourth-order valence-corrected chi connectivity index (χ4v) is 8.66. The van der Waals surface area contributed by atoms with Crippen LogP contribution in [0.2, 0.25) is 0 Å². The Kier molecular flexibility index (Phi) is 8.71. The van der Waals surface area contributed by atoms with Gasteiger partial charge in [-0.15, -0.1) is 0 Å². The Hall–Kier alpha value is -2.34. The van der Waals surface area contributed by atoms with Crippen molar-refractivity contribution in [2.24, 2.45) is 33.5 Å². The van der Waals surface area contributed by atoms with Crippen molar-refractivity contribution in [2.75, 3.05) is 32.6 Å². The zero-order valence-electron chi connectivity index (χ0n) is 23.7. The van der Waals surface area contributed by atoms with Gasteiger partial charge in [-0.05, 0) is 19.1 Å². The Bertz CT molecular complexity index is 1700. The molecule has 0 bridgehead atoms. The highest BCUT2D eigenvalue weighted by atomic mass is 32.7. The van der Waals surface area contributed by atoms with Crippen LogP contribution in [0.3, 0.4) is 0 Å². The van der Waals surface area contributed by atoms with Gasteiger partial charge in [-0.1, -0.05) is 31.4 Å². The molecular weight excluding hydrogens is 654 g/mol. The van der Waals surface area contributed by atoms with Gasteiger partial charge in [0.1, 0.15) is 41.8 Å². The third kappa shape index (κ3) is 5.85. The smallest absolute Gasteiger partial charge is 0.382 e. The van der Waals surface area contributed by atoms with Gasteiger partial charge in [-0.25, -0.2) is 34.1 Å². The second-order valence-electron chi connectivity index (χ2n) is 10.7. The van der Waals surface area contributed by atoms with Gasteiger partial charge in [0.2, 0.25) is 0 Å². The number of fused-ring (bicyclic) bond motifs is 3. The van der Waals surface area contributed by atoms with E-state index in [2.05, 4.69) is 61.1 Å². The number of ether oxygens (including phenoxy) is 1. The van der Waals surface area contributed by atoms with E-state index in [9.17, 15) is 9.13 Å². The second kappa shape index (κ2) is 12.1. The van der Waals surface area contributed by atoms with E-state index in [1.807, 2.05) is 11.5 Å². The van der Waals surface area contributed by atoms with Crippen LogP contribution in [0.1, 0.15) is 31.3 Å². The quantitative estimate of drug-likeness (QED) is 0.134. The van der Waals surface area contributed by atoms with Crippen molar-refractivity contribution in [3.63, 3.8) is 0 Å². The molecule has 2 aliphatic heterocycles. The predicted molar refractivity (Wildman–Crippen MR) is 167 cm³/mol. The van der Waals surface area contributed by atoms with Gasteiger partial charge in [-0.2, -0.15) is 0 Å². The van der Waals surface area contributed by atoms with Gasteiger partial charge in [0, 0.05) is 24.9 Å². The zero-order valence-corrected chi connectivity index (χ0v) is 27.3. The van der Waals surface area contributed by atoms with Gasteiger partial charge in [-0.3, -0.25) is 18.6 Å². The molecule has 3 aromatic rings. The van der Waals surface area contributed by atoms with Crippen molar-refractivity contribution in [2.45, 2.75) is 37.8 Å². The fraction of sp³-hybridized carbons (Fsp3) is 0.565. The maximum atomic E-state index is 13.6. The summed E-state index contributed by atoms with van der Waals surface area (Å²) in [6.45, 7) is -2.60. The van der Waals surface area contributed by atoms with Crippen molar-refractivity contribution in [3.8, 4) is 0 Å². The Balaban J connectivity index is 1.25. The summed E-state index contributed by atoms with van der Waals surface area (Å²) >= 11 is 8.50. The van der Waals surface area contributed by atoms with Crippen molar-refractivity contribution < 1.29 is 32.0 Å². The van der Waals surface area contributed by atoms with Gasteiger partial charge >= 0.3 is 13.6 Å². The van der Waals surface area contributed by atoms with Crippen LogP contribution in [0, 0.1) is 17.8 Å². The minimum atomic E-state index is -3.93. The molecular formula is C23H32N10O7P2S2. The molecule has 21 heteroatoms. The molecule has 44 heavy (non-hydrogen) atoms. The summed E-state index contributed by atoms with van der Waals surface area (Å²) in [6, 6.07) is -0.162. The van der Waals surface area contributed by atoms with Crippen LogP contribution < -0.4 is 11.5 Å². The molecule has 3 aliphatic rings. The Morgan fingerprint density at radius 2 is 1.80 bits per heavy atom. The number of amidine groups is 1. The van der Waals surface area contributed by atoms with Crippen LogP contribution in [0.5, 0.6) is 0 Å². The first kappa shape index (κ1) is 31.6. The van der Waals surface area contributed by atoms with E-state index >= 15 is 0 Å². The van der Waals surface area contributed by atoms with Crippen LogP contribution >= 0.6 is 38.1 Å². The lowest BCUT2D eigenvalue weighted by Crippen LogP contribution is -2.43. The highest BCUT2D eigenvalue weighted by Gasteiger charge is 2.50. The van der Waals surface area contributed by atoms with Gasteiger partial charge in [0.25, 0.3) is 0 Å². The van der Waals surface area contributed by atoms with E-state index in [4.69, 9.17) is 34.3 Å².